The minimum absolute atomic E-state index is 0.191. The van der Waals surface area contributed by atoms with Crippen LogP contribution in [0.25, 0.3) is 0 Å². The maximum absolute atomic E-state index is 13.8. The van der Waals surface area contributed by atoms with Crippen molar-refractivity contribution in [1.82, 2.24) is 4.98 Å². The highest BCUT2D eigenvalue weighted by molar-refractivity contribution is 5.98. The van der Waals surface area contributed by atoms with Crippen LogP contribution in [0.2, 0.25) is 0 Å². The second kappa shape index (κ2) is 6.75. The fraction of sp³-hybridized carbons (Fsp3) is 0.278. The molecule has 1 saturated heterocycles. The molecular weight excluding hydrogens is 312 g/mol. The van der Waals surface area contributed by atoms with Gasteiger partial charge in [-0.05, 0) is 43.2 Å². The first-order valence-electron chi connectivity index (χ1n) is 7.69. The van der Waals surface area contributed by atoms with E-state index in [2.05, 4.69) is 11.1 Å². The average Bonchev–Trinajstić information content (AvgIpc) is 2.63. The number of ketones is 1. The number of hydrogen-bond donors (Lipinski definition) is 0. The van der Waals surface area contributed by atoms with Gasteiger partial charge in [-0.25, -0.2) is 13.8 Å². The molecule has 0 bridgehead atoms. The van der Waals surface area contributed by atoms with Crippen LogP contribution in [0.5, 0.6) is 0 Å². The van der Waals surface area contributed by atoms with Gasteiger partial charge in [0, 0.05) is 25.2 Å². The first kappa shape index (κ1) is 16.1. The highest BCUT2D eigenvalue weighted by atomic mass is 19.1. The Morgan fingerprint density at radius 2 is 2.00 bits per heavy atom. The van der Waals surface area contributed by atoms with Crippen molar-refractivity contribution in [2.75, 3.05) is 18.0 Å². The van der Waals surface area contributed by atoms with Gasteiger partial charge >= 0.3 is 0 Å². The molecule has 0 N–H and O–H groups in total. The van der Waals surface area contributed by atoms with Gasteiger partial charge in [0.1, 0.15) is 23.5 Å². The number of piperidine rings is 1. The van der Waals surface area contributed by atoms with Gasteiger partial charge in [-0.1, -0.05) is 0 Å². The summed E-state index contributed by atoms with van der Waals surface area (Å²) in [6, 6.07) is 8.43. The van der Waals surface area contributed by atoms with Crippen molar-refractivity contribution in [1.29, 1.82) is 5.26 Å². The van der Waals surface area contributed by atoms with Crippen molar-refractivity contribution < 1.29 is 13.6 Å². The summed E-state index contributed by atoms with van der Waals surface area (Å²) in [5.41, 5.74) is 0.294. The molecular formula is C18H15F2N3O. The molecule has 4 nitrogen and oxygen atoms in total. The Labute approximate surface area is 138 Å². The van der Waals surface area contributed by atoms with E-state index < -0.39 is 11.6 Å². The van der Waals surface area contributed by atoms with Crippen LogP contribution in [0.4, 0.5) is 14.6 Å². The lowest BCUT2D eigenvalue weighted by molar-refractivity contribution is 0.0895. The molecule has 1 aromatic heterocycles. The lowest BCUT2D eigenvalue weighted by Gasteiger charge is -2.32. The molecule has 3 rings (SSSR count). The van der Waals surface area contributed by atoms with Crippen LogP contribution >= 0.6 is 0 Å². The van der Waals surface area contributed by atoms with Crippen LogP contribution in [-0.2, 0) is 0 Å². The van der Waals surface area contributed by atoms with E-state index in [0.29, 0.717) is 37.3 Å². The Morgan fingerprint density at radius 3 is 2.71 bits per heavy atom. The van der Waals surface area contributed by atoms with E-state index in [1.165, 1.54) is 0 Å². The minimum Gasteiger partial charge on any atom is -0.355 e. The molecule has 1 aliphatic heterocycles. The monoisotopic (exact) mass is 327 g/mol. The molecule has 0 aliphatic carbocycles. The van der Waals surface area contributed by atoms with E-state index >= 15 is 0 Å². The topological polar surface area (TPSA) is 57.0 Å². The number of carbonyl (C=O) groups is 1. The number of rotatable bonds is 3. The molecule has 2 heterocycles. The molecule has 6 heteroatoms. The van der Waals surface area contributed by atoms with Crippen molar-refractivity contribution in [3.63, 3.8) is 0 Å². The third-order valence-corrected chi connectivity index (χ3v) is 4.27. The van der Waals surface area contributed by atoms with Gasteiger partial charge in [0.25, 0.3) is 0 Å². The predicted molar refractivity (Wildman–Crippen MR) is 84.6 cm³/mol. The zero-order valence-corrected chi connectivity index (χ0v) is 12.9. The van der Waals surface area contributed by atoms with E-state index in [9.17, 15) is 13.6 Å². The zero-order chi connectivity index (χ0) is 17.1. The highest BCUT2D eigenvalue weighted by Gasteiger charge is 2.28. The molecule has 24 heavy (non-hydrogen) atoms. The molecule has 0 radical (unpaired) electrons. The van der Waals surface area contributed by atoms with E-state index in [0.717, 1.165) is 18.2 Å². The number of nitriles is 1. The van der Waals surface area contributed by atoms with E-state index in [1.54, 1.807) is 18.3 Å². The van der Waals surface area contributed by atoms with E-state index in [4.69, 9.17) is 5.26 Å². The smallest absolute Gasteiger partial charge is 0.169 e. The number of nitrogens with zero attached hydrogens (tertiary/aromatic N) is 3. The second-order valence-electron chi connectivity index (χ2n) is 5.74. The number of carbonyl (C=O) groups excluding carboxylic acids is 1. The van der Waals surface area contributed by atoms with Crippen molar-refractivity contribution in [2.24, 2.45) is 5.92 Å². The zero-order valence-electron chi connectivity index (χ0n) is 12.9. The van der Waals surface area contributed by atoms with E-state index in [-0.39, 0.29) is 17.3 Å². The Balaban J connectivity index is 1.72. The van der Waals surface area contributed by atoms with Crippen LogP contribution in [0, 0.1) is 28.9 Å². The summed E-state index contributed by atoms with van der Waals surface area (Å²) in [6.07, 6.45) is 2.64. The predicted octanol–water partition coefficient (Wildman–Crippen LogP) is 3.33. The first-order chi connectivity index (χ1) is 11.6. The summed E-state index contributed by atoms with van der Waals surface area (Å²) < 4.78 is 27.0. The van der Waals surface area contributed by atoms with Gasteiger partial charge in [0.2, 0.25) is 0 Å². The molecule has 2 aromatic rings. The maximum Gasteiger partial charge on any atom is 0.169 e. The van der Waals surface area contributed by atoms with Crippen molar-refractivity contribution >= 4 is 11.6 Å². The third kappa shape index (κ3) is 3.11. The Bertz CT molecular complexity index is 808. The van der Waals surface area contributed by atoms with Gasteiger partial charge in [-0.2, -0.15) is 5.26 Å². The summed E-state index contributed by atoms with van der Waals surface area (Å²) in [4.78, 5) is 18.6. The molecule has 0 unspecified atom stereocenters. The summed E-state index contributed by atoms with van der Waals surface area (Å²) in [5.74, 6) is -1.44. The quantitative estimate of drug-likeness (QED) is 0.812. The van der Waals surface area contributed by atoms with Gasteiger partial charge in [0.05, 0.1) is 11.1 Å². The number of Topliss-reactive ketones (excluding diaryl/α,β-unsaturated/α-hetero) is 1. The first-order valence-corrected chi connectivity index (χ1v) is 7.69. The SMILES string of the molecule is N#Cc1cccnc1N1CCC(C(=O)c2cc(F)ccc2F)CC1. The van der Waals surface area contributed by atoms with Gasteiger partial charge in [0.15, 0.2) is 5.78 Å². The molecule has 1 aliphatic rings. The number of benzene rings is 1. The molecule has 1 aromatic carbocycles. The Hall–Kier alpha value is -2.81. The van der Waals surface area contributed by atoms with Gasteiger partial charge in [-0.3, -0.25) is 4.79 Å². The van der Waals surface area contributed by atoms with E-state index in [1.807, 2.05) is 4.90 Å². The largest absolute Gasteiger partial charge is 0.355 e. The van der Waals surface area contributed by atoms with Crippen molar-refractivity contribution in [3.05, 3.63) is 59.3 Å². The lowest BCUT2D eigenvalue weighted by Crippen LogP contribution is -2.37. The van der Waals surface area contributed by atoms with Crippen LogP contribution in [0.1, 0.15) is 28.8 Å². The normalized spacial score (nSPS) is 15.1. The number of anilines is 1. The maximum atomic E-state index is 13.8. The summed E-state index contributed by atoms with van der Waals surface area (Å²) in [5, 5.41) is 9.15. The second-order valence-corrected chi connectivity index (χ2v) is 5.74. The minimum atomic E-state index is -0.694. The molecule has 1 fully saturated rings. The summed E-state index contributed by atoms with van der Waals surface area (Å²) in [7, 11) is 0. The average molecular weight is 327 g/mol. The highest BCUT2D eigenvalue weighted by Crippen LogP contribution is 2.27. The molecule has 0 atom stereocenters. The molecule has 122 valence electrons. The van der Waals surface area contributed by atoms with Crippen LogP contribution < -0.4 is 4.90 Å². The summed E-state index contributed by atoms with van der Waals surface area (Å²) in [6.45, 7) is 1.08. The van der Waals surface area contributed by atoms with Crippen LogP contribution in [0.15, 0.2) is 36.5 Å². The Kier molecular flexibility index (Phi) is 4.52. The Morgan fingerprint density at radius 1 is 1.25 bits per heavy atom. The summed E-state index contributed by atoms with van der Waals surface area (Å²) >= 11 is 0. The fourth-order valence-corrected chi connectivity index (χ4v) is 3.00. The number of halogens is 2. The standard InChI is InChI=1S/C18H15F2N3O/c19-14-3-4-16(20)15(10-14)17(24)12-5-8-23(9-6-12)18-13(11-21)2-1-7-22-18/h1-4,7,10,12H,5-6,8-9H2. The van der Waals surface area contributed by atoms with Gasteiger partial charge in [-0.15, -0.1) is 0 Å². The molecule has 0 amide bonds. The number of pyridine rings is 1. The number of aromatic nitrogens is 1. The van der Waals surface area contributed by atoms with Crippen LogP contribution in [0.3, 0.4) is 0 Å². The van der Waals surface area contributed by atoms with Crippen molar-refractivity contribution in [3.8, 4) is 6.07 Å². The molecule has 0 saturated carbocycles. The fourth-order valence-electron chi connectivity index (χ4n) is 3.00. The third-order valence-electron chi connectivity index (χ3n) is 4.27. The lowest BCUT2D eigenvalue weighted by atomic mass is 9.88. The van der Waals surface area contributed by atoms with Crippen LogP contribution in [-0.4, -0.2) is 23.9 Å². The number of hydrogen-bond acceptors (Lipinski definition) is 4. The van der Waals surface area contributed by atoms with Gasteiger partial charge < -0.3 is 4.90 Å². The van der Waals surface area contributed by atoms with Crippen molar-refractivity contribution in [2.45, 2.75) is 12.8 Å². The molecule has 0 spiro atoms.